The second-order valence-electron chi connectivity index (χ2n) is 20.0. The van der Waals surface area contributed by atoms with E-state index in [1.807, 2.05) is 16.0 Å². The Balaban J connectivity index is 3.25. The Morgan fingerprint density at radius 2 is 1.02 bits per heavy atom. The maximum absolute atomic E-state index is 14.1. The molecular weight excluding hydrogens is 1190 g/mol. The van der Waals surface area contributed by atoms with Gasteiger partial charge in [0.05, 0.1) is 39.3 Å². The van der Waals surface area contributed by atoms with Crippen LogP contribution in [0, 0.1) is 5.92 Å². The Kier molecular flexibility index (Phi) is 34.4. The van der Waals surface area contributed by atoms with Crippen molar-refractivity contribution < 1.29 is 106 Å². The number of aliphatic carboxylic acids is 1. The second-order valence-corrected chi connectivity index (χ2v) is 21.2. The van der Waals surface area contributed by atoms with Crippen LogP contribution in [0.25, 0.3) is 0 Å². The van der Waals surface area contributed by atoms with E-state index in [0.29, 0.717) is 18.4 Å². The summed E-state index contributed by atoms with van der Waals surface area (Å²) in [4.78, 5) is 212. The van der Waals surface area contributed by atoms with Gasteiger partial charge in [-0.15, -0.1) is 0 Å². The van der Waals surface area contributed by atoms with Crippen molar-refractivity contribution in [2.45, 2.75) is 140 Å². The average molecular weight is 1270 g/mol. The molecule has 0 spiro atoms. The lowest BCUT2D eigenvalue weighted by molar-refractivity contribution is -0.138. The van der Waals surface area contributed by atoms with Crippen molar-refractivity contribution >= 4 is 96.5 Å². The predicted octanol–water partition coefficient (Wildman–Crippen LogP) is -9.53. The lowest BCUT2D eigenvalue weighted by Gasteiger charge is -2.28. The van der Waals surface area contributed by atoms with Crippen LogP contribution in [-0.4, -0.2) is 214 Å². The summed E-state index contributed by atoms with van der Waals surface area (Å²) in [6.07, 6.45) is -1.44. The molecule has 0 saturated heterocycles. The summed E-state index contributed by atoms with van der Waals surface area (Å²) >= 11 is 0. The van der Waals surface area contributed by atoms with Crippen molar-refractivity contribution in [2.24, 2.45) is 23.1 Å². The minimum Gasteiger partial charge on any atom is -0.481 e. The van der Waals surface area contributed by atoms with Crippen LogP contribution < -0.4 is 81.0 Å². The summed E-state index contributed by atoms with van der Waals surface area (Å²) < 4.78 is 16.1. The number of amides is 14. The number of carboxylic acids is 1. The molecule has 0 saturated carbocycles. The van der Waals surface area contributed by atoms with Gasteiger partial charge < -0.3 is 106 Å². The van der Waals surface area contributed by atoms with Crippen molar-refractivity contribution in [3.63, 3.8) is 0 Å². The molecular formula is C50H80N15O22P. The maximum Gasteiger partial charge on any atom is 0.469 e. The lowest BCUT2D eigenvalue weighted by atomic mass is 10.00. The number of aliphatic hydroxyl groups is 2. The van der Waals surface area contributed by atoms with Gasteiger partial charge in [-0.2, -0.15) is 0 Å². The third kappa shape index (κ3) is 30.6. The van der Waals surface area contributed by atoms with E-state index in [4.69, 9.17) is 22.3 Å². The number of hydrogen-bond acceptors (Lipinski definition) is 20. The number of unbranched alkanes of at least 4 members (excludes halogenated alkanes) is 1. The maximum atomic E-state index is 14.1. The van der Waals surface area contributed by atoms with Gasteiger partial charge in [-0.1, -0.05) is 44.2 Å². The number of primary amides is 2. The smallest absolute Gasteiger partial charge is 0.469 e. The monoisotopic (exact) mass is 1270 g/mol. The fraction of sp³-hybridized carbons (Fsp3) is 0.580. The number of nitrogens with two attached hydrogens (primary N) is 3. The standard InChI is InChI=1S/C50H80N15O22P/c1-24(2)40(50(83)62-31(17-28-11-7-6-8-12-28)45(78)63-34(22-67)48(81)59-29(41(53)74)13-9-10-16-51)65-46(79)32(18-36(52)69)61-49(82)35(23-87-88(84,85)86)64-47(80)33(21-66)58-38(71)20-54-37(70)19-55-44(77)30(14-15-39(72)73)60-43(76)26(4)57-42(75)25(3)56-27(5)68/h6-8,11-12,24-26,29-35,40,66-67H,9-10,13-23,51H2,1-5H3,(H2,52,69)(H2,53,74)(H,54,70)(H,55,77)(H,56,68)(H,57,75)(H,58,71)(H,59,81)(H,60,76)(H,61,82)(H,62,83)(H,63,78)(H,64,80)(H,65,79)(H,72,73)(H2,84,85,86)/t25-,26-,29-,30-,31-,32-,33-,34-,35-,40-/m0/s1. The first-order valence-electron chi connectivity index (χ1n) is 27.1. The molecule has 0 fully saturated rings. The Morgan fingerprint density at radius 3 is 1.56 bits per heavy atom. The number of carbonyl (C=O) groups is 15. The minimum atomic E-state index is -5.47. The number of carboxylic acid groups (broad SMARTS) is 1. The van der Waals surface area contributed by atoms with E-state index in [0.717, 1.165) is 6.92 Å². The van der Waals surface area contributed by atoms with Crippen LogP contribution in [0.5, 0.6) is 0 Å². The predicted molar refractivity (Wildman–Crippen MR) is 302 cm³/mol. The summed E-state index contributed by atoms with van der Waals surface area (Å²) in [5.74, 6) is -17.4. The summed E-state index contributed by atoms with van der Waals surface area (Å²) in [7, 11) is -5.47. The topological polar surface area (TPSA) is 606 Å². The van der Waals surface area contributed by atoms with Gasteiger partial charge in [0.1, 0.15) is 60.4 Å². The van der Waals surface area contributed by atoms with Crippen LogP contribution in [0.3, 0.4) is 0 Å². The Hall–Kier alpha value is -8.74. The van der Waals surface area contributed by atoms with E-state index >= 15 is 0 Å². The van der Waals surface area contributed by atoms with E-state index in [2.05, 4.69) is 52.4 Å². The van der Waals surface area contributed by atoms with E-state index in [1.165, 1.54) is 27.7 Å². The van der Waals surface area contributed by atoms with Gasteiger partial charge in [-0.25, -0.2) is 4.57 Å². The molecule has 23 N–H and O–H groups in total. The molecule has 14 amide bonds. The van der Waals surface area contributed by atoms with Gasteiger partial charge in [-0.3, -0.25) is 76.4 Å². The van der Waals surface area contributed by atoms with Gasteiger partial charge in [0, 0.05) is 19.8 Å². The second kappa shape index (κ2) is 39.1. The summed E-state index contributed by atoms with van der Waals surface area (Å²) in [5.41, 5.74) is 16.8. The largest absolute Gasteiger partial charge is 0.481 e. The van der Waals surface area contributed by atoms with Gasteiger partial charge in [-0.05, 0) is 57.6 Å². The molecule has 88 heavy (non-hydrogen) atoms. The molecule has 0 aliphatic carbocycles. The molecule has 0 bridgehead atoms. The zero-order valence-electron chi connectivity index (χ0n) is 48.8. The fourth-order valence-electron chi connectivity index (χ4n) is 7.52. The molecule has 0 aromatic heterocycles. The molecule has 10 atom stereocenters. The number of phosphoric acid groups is 1. The molecule has 0 aliphatic heterocycles. The van der Waals surface area contributed by atoms with Crippen LogP contribution >= 0.6 is 7.82 Å². The summed E-state index contributed by atoms with van der Waals surface area (Å²) in [6.45, 7) is 1.37. The fourth-order valence-corrected chi connectivity index (χ4v) is 7.86. The number of hydrogen-bond donors (Lipinski definition) is 20. The Labute approximate surface area is 503 Å². The van der Waals surface area contributed by atoms with Gasteiger partial charge >= 0.3 is 13.8 Å². The first-order valence-corrected chi connectivity index (χ1v) is 28.6. The molecule has 492 valence electrons. The summed E-state index contributed by atoms with van der Waals surface area (Å²) in [5, 5.41) is 55.8. The van der Waals surface area contributed by atoms with Crippen molar-refractivity contribution in [3.8, 4) is 0 Å². The van der Waals surface area contributed by atoms with E-state index < -0.39 is 215 Å². The van der Waals surface area contributed by atoms with Crippen LogP contribution in [0.1, 0.15) is 78.7 Å². The molecule has 0 radical (unpaired) electrons. The quantitative estimate of drug-likeness (QED) is 0.0214. The molecule has 1 aromatic rings. The number of carbonyl (C=O) groups excluding carboxylic acids is 14. The average Bonchev–Trinajstić information content (AvgIpc) is 1.75. The molecule has 0 heterocycles. The van der Waals surface area contributed by atoms with E-state index in [1.54, 1.807) is 30.3 Å². The van der Waals surface area contributed by atoms with Crippen LogP contribution in [0.15, 0.2) is 30.3 Å². The molecule has 0 aliphatic rings. The zero-order chi connectivity index (χ0) is 67.0. The first-order chi connectivity index (χ1) is 41.1. The van der Waals surface area contributed by atoms with Crippen molar-refractivity contribution in [2.75, 3.05) is 39.5 Å². The molecule has 1 rings (SSSR count). The molecule has 37 nitrogen and oxygen atoms in total. The third-order valence-corrected chi connectivity index (χ3v) is 12.7. The van der Waals surface area contributed by atoms with Crippen LogP contribution in [0.4, 0.5) is 0 Å². The lowest BCUT2D eigenvalue weighted by Crippen LogP contribution is -2.62. The van der Waals surface area contributed by atoms with Crippen molar-refractivity contribution in [1.29, 1.82) is 0 Å². The molecule has 1 aromatic carbocycles. The highest BCUT2D eigenvalue weighted by Gasteiger charge is 2.37. The minimum absolute atomic E-state index is 0.0911. The van der Waals surface area contributed by atoms with Gasteiger partial charge in [0.2, 0.25) is 82.7 Å². The highest BCUT2D eigenvalue weighted by atomic mass is 31.2. The number of nitrogens with one attached hydrogen (secondary N) is 12. The number of benzene rings is 1. The number of phosphoric ester groups is 1. The molecule has 0 unspecified atom stereocenters. The highest BCUT2D eigenvalue weighted by Crippen LogP contribution is 2.35. The molecule has 38 heteroatoms. The SMILES string of the molecule is CC(=O)N[C@@H](C)C(=O)N[C@@H](C)C(=O)N[C@@H](CCC(=O)O)C(=O)NCC(=O)NCC(=O)N[C@@H](CO)C(=O)N[C@@H](COP(=O)(O)O)C(=O)N[C@@H](CC(N)=O)C(=O)N[C@H](C(=O)N[C@@H](Cc1ccccc1)C(=O)N[C@@H](CO)C(=O)N[C@@H](CCCCN)C(N)=O)C(C)C. The van der Waals surface area contributed by atoms with Crippen LogP contribution in [-0.2, 0) is 87.4 Å². The van der Waals surface area contributed by atoms with E-state index in [-0.39, 0.29) is 19.4 Å². The first kappa shape index (κ1) is 77.3. The third-order valence-electron chi connectivity index (χ3n) is 12.2. The number of rotatable bonds is 41. The zero-order valence-corrected chi connectivity index (χ0v) is 49.7. The van der Waals surface area contributed by atoms with Crippen LogP contribution in [0.2, 0.25) is 0 Å². The van der Waals surface area contributed by atoms with Gasteiger partial charge in [0.25, 0.3) is 0 Å². The number of aliphatic hydroxyl groups excluding tert-OH is 2. The highest BCUT2D eigenvalue weighted by molar-refractivity contribution is 7.46. The Bertz CT molecular complexity index is 2680. The van der Waals surface area contributed by atoms with Crippen molar-refractivity contribution in [3.05, 3.63) is 35.9 Å². The van der Waals surface area contributed by atoms with Gasteiger partial charge in [0.15, 0.2) is 0 Å². The normalized spacial score (nSPS) is 14.5. The van der Waals surface area contributed by atoms with E-state index in [9.17, 15) is 96.5 Å². The summed E-state index contributed by atoms with van der Waals surface area (Å²) in [6, 6.07) is -8.23. The Morgan fingerprint density at radius 1 is 0.534 bits per heavy atom. The van der Waals surface area contributed by atoms with Crippen molar-refractivity contribution in [1.82, 2.24) is 63.8 Å².